The Bertz CT molecular complexity index is 382. The van der Waals surface area contributed by atoms with E-state index >= 15 is 0 Å². The minimum absolute atomic E-state index is 0.298. The summed E-state index contributed by atoms with van der Waals surface area (Å²) in [6.07, 6.45) is 10.6. The molecular formula is C24H47FO5. The maximum atomic E-state index is 13.7. The minimum atomic E-state index is -2.01. The van der Waals surface area contributed by atoms with Gasteiger partial charge < -0.3 is 25.2 Å². The quantitative estimate of drug-likeness (QED) is 0.240. The average molecular weight is 435 g/mol. The van der Waals surface area contributed by atoms with E-state index in [0.717, 1.165) is 19.3 Å². The second kappa shape index (κ2) is 17.3. The molecule has 30 heavy (non-hydrogen) atoms. The van der Waals surface area contributed by atoms with Gasteiger partial charge in [0.05, 0.1) is 0 Å². The number of hydrogen-bond donors (Lipinski definition) is 4. The van der Waals surface area contributed by atoms with Gasteiger partial charge >= 0.3 is 0 Å². The molecule has 0 bridgehead atoms. The van der Waals surface area contributed by atoms with Crippen molar-refractivity contribution in [3.63, 3.8) is 0 Å². The molecule has 0 aliphatic heterocycles. The van der Waals surface area contributed by atoms with Gasteiger partial charge in [-0.25, -0.2) is 4.39 Å². The molecule has 0 saturated heterocycles. The van der Waals surface area contributed by atoms with Gasteiger partial charge in [-0.15, -0.1) is 0 Å². The van der Waals surface area contributed by atoms with Crippen LogP contribution in [0.4, 0.5) is 4.39 Å². The van der Waals surface area contributed by atoms with E-state index in [-0.39, 0.29) is 0 Å². The molecular weight excluding hydrogens is 387 g/mol. The van der Waals surface area contributed by atoms with Gasteiger partial charge in [-0.2, -0.15) is 0 Å². The maximum Gasteiger partial charge on any atom is 0.157 e. The predicted octanol–water partition coefficient (Wildman–Crippen LogP) is 4.43. The molecule has 0 aromatic heterocycles. The maximum absolute atomic E-state index is 13.7. The fourth-order valence-electron chi connectivity index (χ4n) is 4.24. The molecule has 1 aliphatic carbocycles. The third-order valence-corrected chi connectivity index (χ3v) is 6.33. The van der Waals surface area contributed by atoms with Crippen molar-refractivity contribution >= 4 is 0 Å². The second-order valence-electron chi connectivity index (χ2n) is 9.05. The summed E-state index contributed by atoms with van der Waals surface area (Å²) >= 11 is 0. The molecule has 1 rings (SSSR count). The smallest absolute Gasteiger partial charge is 0.157 e. The topological polar surface area (TPSA) is 90.2 Å². The zero-order chi connectivity index (χ0) is 22.2. The summed E-state index contributed by atoms with van der Waals surface area (Å²) in [4.78, 5) is 0. The van der Waals surface area contributed by atoms with Crippen LogP contribution in [0.1, 0.15) is 110 Å². The molecule has 1 aliphatic rings. The van der Waals surface area contributed by atoms with Gasteiger partial charge in [0.1, 0.15) is 30.5 Å². The summed E-state index contributed by atoms with van der Waals surface area (Å²) in [5.41, 5.74) is 0. The Morgan fingerprint density at radius 3 is 1.37 bits per heavy atom. The Morgan fingerprint density at radius 1 is 0.533 bits per heavy atom. The van der Waals surface area contributed by atoms with Crippen molar-refractivity contribution in [3.05, 3.63) is 0 Å². The van der Waals surface area contributed by atoms with E-state index in [9.17, 15) is 24.8 Å². The largest absolute Gasteiger partial charge is 0.387 e. The fraction of sp³-hybridized carbons (Fsp3) is 1.00. The molecule has 5 nitrogen and oxygen atoms in total. The third-order valence-electron chi connectivity index (χ3n) is 6.33. The Kier molecular flexibility index (Phi) is 16.0. The van der Waals surface area contributed by atoms with Crippen LogP contribution in [0.3, 0.4) is 0 Å². The van der Waals surface area contributed by atoms with Crippen molar-refractivity contribution in [3.8, 4) is 0 Å². The summed E-state index contributed by atoms with van der Waals surface area (Å²) in [7, 11) is 0. The zero-order valence-corrected chi connectivity index (χ0v) is 19.1. The number of alkyl halides is 1. The van der Waals surface area contributed by atoms with E-state index in [0.29, 0.717) is 6.61 Å². The summed E-state index contributed by atoms with van der Waals surface area (Å²) in [5.74, 6) is 0. The Morgan fingerprint density at radius 2 is 0.933 bits per heavy atom. The minimum Gasteiger partial charge on any atom is -0.387 e. The van der Waals surface area contributed by atoms with Crippen LogP contribution in [0.2, 0.25) is 0 Å². The van der Waals surface area contributed by atoms with Crippen LogP contribution < -0.4 is 0 Å². The van der Waals surface area contributed by atoms with Crippen LogP contribution in [0.5, 0.6) is 0 Å². The SMILES string of the molecule is CCCCCCCCCCCCCCCCCCO[C@H]1[C@H](O)[C@@H](O)[C@H](O)[C@@H](F)[C@H]1O. The Labute approximate surface area is 183 Å². The molecule has 6 heteroatoms. The van der Waals surface area contributed by atoms with Crippen molar-refractivity contribution in [2.75, 3.05) is 6.61 Å². The summed E-state index contributed by atoms with van der Waals surface area (Å²) in [6, 6.07) is 0. The molecule has 4 N–H and O–H groups in total. The zero-order valence-electron chi connectivity index (χ0n) is 19.1. The predicted molar refractivity (Wildman–Crippen MR) is 118 cm³/mol. The van der Waals surface area contributed by atoms with E-state index in [1.807, 2.05) is 0 Å². The van der Waals surface area contributed by atoms with Gasteiger partial charge in [-0.05, 0) is 6.42 Å². The van der Waals surface area contributed by atoms with Crippen LogP contribution in [0.25, 0.3) is 0 Å². The van der Waals surface area contributed by atoms with E-state index in [1.165, 1.54) is 83.5 Å². The monoisotopic (exact) mass is 434 g/mol. The lowest BCUT2D eigenvalue weighted by Gasteiger charge is -2.40. The average Bonchev–Trinajstić information content (AvgIpc) is 2.75. The number of unbranched alkanes of at least 4 members (excludes halogenated alkanes) is 15. The normalized spacial score (nSPS) is 29.4. The van der Waals surface area contributed by atoms with Crippen LogP contribution in [-0.2, 0) is 4.74 Å². The van der Waals surface area contributed by atoms with Crippen molar-refractivity contribution in [1.82, 2.24) is 0 Å². The first kappa shape index (κ1) is 27.8. The molecule has 0 spiro atoms. The van der Waals surface area contributed by atoms with Gasteiger partial charge in [-0.3, -0.25) is 0 Å². The van der Waals surface area contributed by atoms with Gasteiger partial charge in [0.2, 0.25) is 0 Å². The van der Waals surface area contributed by atoms with Crippen molar-refractivity contribution in [2.45, 2.75) is 146 Å². The van der Waals surface area contributed by atoms with Gasteiger partial charge in [0.25, 0.3) is 0 Å². The number of halogens is 1. The third kappa shape index (κ3) is 10.9. The molecule has 0 aromatic rings. The molecule has 180 valence electrons. The second-order valence-corrected chi connectivity index (χ2v) is 9.05. The number of hydrogen-bond acceptors (Lipinski definition) is 5. The van der Waals surface area contributed by atoms with E-state index in [2.05, 4.69) is 6.92 Å². The van der Waals surface area contributed by atoms with Crippen LogP contribution in [0, 0.1) is 0 Å². The van der Waals surface area contributed by atoms with Gasteiger partial charge in [-0.1, -0.05) is 103 Å². The van der Waals surface area contributed by atoms with Gasteiger partial charge in [0.15, 0.2) is 6.17 Å². The highest BCUT2D eigenvalue weighted by molar-refractivity contribution is 4.99. The molecule has 0 heterocycles. The molecule has 6 atom stereocenters. The van der Waals surface area contributed by atoms with E-state index in [1.54, 1.807) is 0 Å². The first-order valence-corrected chi connectivity index (χ1v) is 12.5. The standard InChI is InChI=1S/C24H47FO5/c1-2-3-4-5-6-7-8-9-10-11-12-13-14-15-16-17-18-30-24-21(27)19(25)20(26)22(28)23(24)29/h19-24,26-29H,2-18H2,1H3/t19-,20-,21-,22+,23-,24-/m1/s1. The van der Waals surface area contributed by atoms with E-state index < -0.39 is 36.7 Å². The fourth-order valence-corrected chi connectivity index (χ4v) is 4.24. The molecule has 1 saturated carbocycles. The number of ether oxygens (including phenoxy) is 1. The first-order valence-electron chi connectivity index (χ1n) is 12.5. The van der Waals surface area contributed by atoms with Crippen LogP contribution >= 0.6 is 0 Å². The molecule has 0 amide bonds. The molecule has 1 fully saturated rings. The van der Waals surface area contributed by atoms with Crippen LogP contribution in [0.15, 0.2) is 0 Å². The van der Waals surface area contributed by atoms with Crippen molar-refractivity contribution < 1.29 is 29.6 Å². The van der Waals surface area contributed by atoms with Gasteiger partial charge in [0, 0.05) is 6.61 Å². The highest BCUT2D eigenvalue weighted by Gasteiger charge is 2.49. The highest BCUT2D eigenvalue weighted by Crippen LogP contribution is 2.26. The van der Waals surface area contributed by atoms with Crippen molar-refractivity contribution in [2.24, 2.45) is 0 Å². The summed E-state index contributed by atoms with van der Waals surface area (Å²) in [6.45, 7) is 2.56. The number of rotatable bonds is 18. The lowest BCUT2D eigenvalue weighted by Crippen LogP contribution is -2.63. The molecule has 0 radical (unpaired) electrons. The van der Waals surface area contributed by atoms with E-state index in [4.69, 9.17) is 4.74 Å². The van der Waals surface area contributed by atoms with Crippen molar-refractivity contribution in [1.29, 1.82) is 0 Å². The molecule has 0 unspecified atom stereocenters. The number of aliphatic hydroxyl groups excluding tert-OH is 4. The summed E-state index contributed by atoms with van der Waals surface area (Å²) < 4.78 is 19.1. The lowest BCUT2D eigenvalue weighted by molar-refractivity contribution is -0.220. The Hall–Kier alpha value is -0.270. The Balaban J connectivity index is 1.88. The number of aliphatic hydroxyl groups is 4. The molecule has 0 aromatic carbocycles. The first-order chi connectivity index (χ1) is 14.5. The van der Waals surface area contributed by atoms with Crippen LogP contribution in [-0.4, -0.2) is 63.7 Å². The lowest BCUT2D eigenvalue weighted by atomic mass is 9.85. The highest BCUT2D eigenvalue weighted by atomic mass is 19.1. The summed E-state index contributed by atoms with van der Waals surface area (Å²) in [5, 5.41) is 38.7.